The molecule has 0 aliphatic carbocycles. The fourth-order valence-corrected chi connectivity index (χ4v) is 1.60. The Kier molecular flexibility index (Phi) is 3.13. The maximum Gasteiger partial charge on any atom is 0.491 e. The van der Waals surface area contributed by atoms with Crippen LogP contribution in [0.4, 0.5) is 0 Å². The van der Waals surface area contributed by atoms with Crippen molar-refractivity contribution in [1.29, 1.82) is 5.26 Å². The molecule has 0 radical (unpaired) electrons. The van der Waals surface area contributed by atoms with Gasteiger partial charge in [-0.2, -0.15) is 5.26 Å². The molecular formula is C11H10BNO4. The second-order valence-corrected chi connectivity index (χ2v) is 3.75. The van der Waals surface area contributed by atoms with Crippen LogP contribution in [0.2, 0.25) is 0 Å². The summed E-state index contributed by atoms with van der Waals surface area (Å²) in [6.07, 6.45) is -0.795. The number of esters is 1. The van der Waals surface area contributed by atoms with Gasteiger partial charge < -0.3 is 14.4 Å². The third kappa shape index (κ3) is 2.30. The molecule has 86 valence electrons. The average Bonchev–Trinajstić information content (AvgIpc) is 2.70. The van der Waals surface area contributed by atoms with Gasteiger partial charge in [-0.15, -0.1) is 0 Å². The van der Waals surface area contributed by atoms with E-state index in [-0.39, 0.29) is 0 Å². The van der Waals surface area contributed by atoms with Crippen LogP contribution in [-0.2, 0) is 16.0 Å². The lowest BCUT2D eigenvalue weighted by molar-refractivity contribution is 0.0435. The van der Waals surface area contributed by atoms with Crippen LogP contribution < -0.4 is 5.46 Å². The van der Waals surface area contributed by atoms with Crippen LogP contribution in [-0.4, -0.2) is 24.2 Å². The zero-order chi connectivity index (χ0) is 12.4. The molecule has 0 spiro atoms. The molecule has 1 unspecified atom stereocenters. The van der Waals surface area contributed by atoms with E-state index in [0.717, 1.165) is 5.56 Å². The molecule has 1 aliphatic heterocycles. The largest absolute Gasteiger partial charge is 0.491 e. The zero-order valence-electron chi connectivity index (χ0n) is 9.21. The maximum absolute atomic E-state index is 11.6. The lowest BCUT2D eigenvalue weighted by Crippen LogP contribution is -2.29. The first kappa shape index (κ1) is 11.6. The molecule has 0 bridgehead atoms. The number of hydrogen-bond acceptors (Lipinski definition) is 5. The first-order valence-corrected chi connectivity index (χ1v) is 5.15. The zero-order valence-corrected chi connectivity index (χ0v) is 9.21. The predicted molar refractivity (Wildman–Crippen MR) is 59.3 cm³/mol. The molecule has 1 N–H and O–H groups in total. The van der Waals surface area contributed by atoms with Crippen LogP contribution in [0.15, 0.2) is 18.2 Å². The summed E-state index contributed by atoms with van der Waals surface area (Å²) in [5.41, 5.74) is 1.72. The summed E-state index contributed by atoms with van der Waals surface area (Å²) in [4.78, 5) is 11.6. The topological polar surface area (TPSA) is 79.5 Å². The van der Waals surface area contributed by atoms with Crippen LogP contribution in [0.25, 0.3) is 0 Å². The second-order valence-electron chi connectivity index (χ2n) is 3.75. The van der Waals surface area contributed by atoms with E-state index >= 15 is 0 Å². The summed E-state index contributed by atoms with van der Waals surface area (Å²) < 4.78 is 9.87. The first-order valence-electron chi connectivity index (χ1n) is 5.15. The highest BCUT2D eigenvalue weighted by molar-refractivity contribution is 6.61. The molecule has 2 rings (SSSR count). The molecule has 0 saturated carbocycles. The van der Waals surface area contributed by atoms with Crippen LogP contribution in [0.3, 0.4) is 0 Å². The lowest BCUT2D eigenvalue weighted by atomic mass is 9.79. The highest BCUT2D eigenvalue weighted by atomic mass is 16.5. The van der Waals surface area contributed by atoms with E-state index in [1.54, 1.807) is 12.1 Å². The van der Waals surface area contributed by atoms with E-state index in [0.29, 0.717) is 17.6 Å². The summed E-state index contributed by atoms with van der Waals surface area (Å²) in [5.74, 6) is -0.582. The number of carbonyl (C=O) groups excluding carboxylic acids is 1. The summed E-state index contributed by atoms with van der Waals surface area (Å²) in [7, 11) is -0.994. The van der Waals surface area contributed by atoms with Gasteiger partial charge in [0.15, 0.2) is 6.10 Å². The number of hydrogen-bond donors (Lipinski definition) is 1. The molecule has 5 nitrogen and oxygen atoms in total. The Hall–Kier alpha value is -1.84. The molecule has 6 heteroatoms. The minimum Gasteiger partial charge on any atom is -0.444 e. The highest BCUT2D eigenvalue weighted by Gasteiger charge is 2.28. The standard InChI is InChI=1S/C11H10BNO4/c1-7(5-13)17-11(14)8-2-3-9-6-16-12(15)10(9)4-8/h2-4,7,15H,6H2,1H3. The van der Waals surface area contributed by atoms with Gasteiger partial charge in [-0.05, 0) is 30.1 Å². The molecule has 17 heavy (non-hydrogen) atoms. The highest BCUT2D eigenvalue weighted by Crippen LogP contribution is 2.12. The fraction of sp³-hybridized carbons (Fsp3) is 0.273. The number of nitriles is 1. The maximum atomic E-state index is 11.6. The summed E-state index contributed by atoms with van der Waals surface area (Å²) in [5, 5.41) is 18.0. The Labute approximate surface area is 98.7 Å². The van der Waals surface area contributed by atoms with Crippen molar-refractivity contribution in [3.63, 3.8) is 0 Å². The van der Waals surface area contributed by atoms with Gasteiger partial charge in [-0.1, -0.05) is 6.07 Å². The van der Waals surface area contributed by atoms with Crippen molar-refractivity contribution in [3.05, 3.63) is 29.3 Å². The number of benzene rings is 1. The Bertz CT molecular complexity index is 497. The van der Waals surface area contributed by atoms with Crippen molar-refractivity contribution in [2.75, 3.05) is 0 Å². The first-order chi connectivity index (χ1) is 8.11. The van der Waals surface area contributed by atoms with Crippen molar-refractivity contribution in [2.24, 2.45) is 0 Å². The Morgan fingerprint density at radius 1 is 1.71 bits per heavy atom. The van der Waals surface area contributed by atoms with Crippen molar-refractivity contribution in [3.8, 4) is 6.07 Å². The third-order valence-electron chi connectivity index (χ3n) is 2.51. The molecule has 0 amide bonds. The summed E-state index contributed by atoms with van der Waals surface area (Å²) in [6, 6.07) is 6.63. The van der Waals surface area contributed by atoms with Crippen molar-refractivity contribution < 1.29 is 19.2 Å². The summed E-state index contributed by atoms with van der Waals surface area (Å²) >= 11 is 0. The molecule has 0 saturated heterocycles. The van der Waals surface area contributed by atoms with Gasteiger partial charge in [0.25, 0.3) is 0 Å². The second kappa shape index (κ2) is 4.57. The van der Waals surface area contributed by atoms with E-state index in [2.05, 4.69) is 0 Å². The molecule has 1 aromatic rings. The Morgan fingerprint density at radius 2 is 2.47 bits per heavy atom. The van der Waals surface area contributed by atoms with Gasteiger partial charge >= 0.3 is 13.1 Å². The van der Waals surface area contributed by atoms with Crippen LogP contribution in [0.1, 0.15) is 22.8 Å². The van der Waals surface area contributed by atoms with Crippen molar-refractivity contribution in [1.82, 2.24) is 0 Å². The van der Waals surface area contributed by atoms with Gasteiger partial charge in [0.05, 0.1) is 12.2 Å². The number of rotatable bonds is 2. The van der Waals surface area contributed by atoms with Gasteiger partial charge in [0, 0.05) is 0 Å². The van der Waals surface area contributed by atoms with E-state index in [1.807, 2.05) is 6.07 Å². The van der Waals surface area contributed by atoms with E-state index < -0.39 is 19.2 Å². The summed E-state index contributed by atoms with van der Waals surface area (Å²) in [6.45, 7) is 1.82. The average molecular weight is 231 g/mol. The van der Waals surface area contributed by atoms with Crippen LogP contribution in [0.5, 0.6) is 0 Å². The van der Waals surface area contributed by atoms with Gasteiger partial charge in [-0.3, -0.25) is 0 Å². The lowest BCUT2D eigenvalue weighted by Gasteiger charge is -2.07. The third-order valence-corrected chi connectivity index (χ3v) is 2.51. The predicted octanol–water partition coefficient (Wildman–Crippen LogP) is -0.0268. The van der Waals surface area contributed by atoms with E-state index in [1.165, 1.54) is 13.0 Å². The van der Waals surface area contributed by atoms with Gasteiger partial charge in [0.2, 0.25) is 0 Å². The molecule has 1 heterocycles. The van der Waals surface area contributed by atoms with Crippen LogP contribution >= 0.6 is 0 Å². The SMILES string of the molecule is CC(C#N)OC(=O)c1ccc2c(c1)B(O)OC2. The Morgan fingerprint density at radius 3 is 3.18 bits per heavy atom. The molecule has 1 aliphatic rings. The Balaban J connectivity index is 2.21. The van der Waals surface area contributed by atoms with Crippen LogP contribution in [0, 0.1) is 11.3 Å². The fourth-order valence-electron chi connectivity index (χ4n) is 1.60. The van der Waals surface area contributed by atoms with Gasteiger partial charge in [0.1, 0.15) is 6.07 Å². The number of ether oxygens (including phenoxy) is 1. The minimum absolute atomic E-state index is 0.301. The minimum atomic E-state index is -0.994. The van der Waals surface area contributed by atoms with Crippen molar-refractivity contribution in [2.45, 2.75) is 19.6 Å². The van der Waals surface area contributed by atoms with E-state index in [4.69, 9.17) is 14.7 Å². The smallest absolute Gasteiger partial charge is 0.444 e. The number of carbonyl (C=O) groups is 1. The molecule has 0 fully saturated rings. The van der Waals surface area contributed by atoms with Gasteiger partial charge in [-0.25, -0.2) is 4.79 Å². The number of nitrogens with zero attached hydrogens (tertiary/aromatic N) is 1. The normalized spacial score (nSPS) is 15.0. The van der Waals surface area contributed by atoms with E-state index in [9.17, 15) is 9.82 Å². The quantitative estimate of drug-likeness (QED) is 0.571. The molecule has 1 aromatic carbocycles. The molecular weight excluding hydrogens is 221 g/mol. The number of fused-ring (bicyclic) bond motifs is 1. The van der Waals surface area contributed by atoms with Crippen molar-refractivity contribution >= 4 is 18.6 Å². The molecule has 1 atom stereocenters. The molecule has 0 aromatic heterocycles. The monoisotopic (exact) mass is 231 g/mol.